The van der Waals surface area contributed by atoms with E-state index in [-0.39, 0.29) is 16.6 Å². The first-order chi connectivity index (χ1) is 12.9. The first-order valence-corrected chi connectivity index (χ1v) is 10.7. The number of aryl methyl sites for hydroxylation is 1. The fourth-order valence-electron chi connectivity index (χ4n) is 3.80. The summed E-state index contributed by atoms with van der Waals surface area (Å²) in [6.07, 6.45) is 4.14. The van der Waals surface area contributed by atoms with Crippen molar-refractivity contribution in [2.24, 2.45) is 0 Å². The number of nitrogens with one attached hydrogen (secondary N) is 1. The van der Waals surface area contributed by atoms with Crippen LogP contribution in [0.4, 0.5) is 4.39 Å². The van der Waals surface area contributed by atoms with E-state index in [1.165, 1.54) is 21.1 Å². The van der Waals surface area contributed by atoms with Crippen molar-refractivity contribution >= 4 is 10.0 Å². The lowest BCUT2D eigenvalue weighted by Crippen LogP contribution is -2.49. The van der Waals surface area contributed by atoms with Crippen LogP contribution in [0.1, 0.15) is 12.0 Å². The molecule has 0 saturated carbocycles. The molecule has 146 valence electrons. The fourth-order valence-corrected chi connectivity index (χ4v) is 5.31. The minimum Gasteiger partial charge on any atom is -0.314 e. The average Bonchev–Trinajstić information content (AvgIpc) is 3.32. The van der Waals surface area contributed by atoms with Crippen molar-refractivity contribution in [3.05, 3.63) is 42.0 Å². The SMILES string of the molecule is Cc1cnn(-c2ccc(S(=O)(=O)N3CCC(N4CCNCC4)C3)cc2F)c1. The van der Waals surface area contributed by atoms with Gasteiger partial charge in [0, 0.05) is 51.5 Å². The number of nitrogens with zero attached hydrogens (tertiary/aromatic N) is 4. The van der Waals surface area contributed by atoms with Crippen molar-refractivity contribution < 1.29 is 12.8 Å². The third-order valence-electron chi connectivity index (χ3n) is 5.31. The lowest BCUT2D eigenvalue weighted by Gasteiger charge is -2.32. The van der Waals surface area contributed by atoms with E-state index in [4.69, 9.17) is 0 Å². The highest BCUT2D eigenvalue weighted by molar-refractivity contribution is 7.89. The van der Waals surface area contributed by atoms with Crippen molar-refractivity contribution in [2.45, 2.75) is 24.3 Å². The zero-order valence-corrected chi connectivity index (χ0v) is 16.1. The molecular formula is C18H24FN5O2S. The first-order valence-electron chi connectivity index (χ1n) is 9.21. The van der Waals surface area contributed by atoms with Crippen LogP contribution in [0.3, 0.4) is 0 Å². The molecule has 2 aromatic rings. The minimum absolute atomic E-state index is 0.00594. The number of benzene rings is 1. The van der Waals surface area contributed by atoms with Gasteiger partial charge in [0.05, 0.1) is 11.1 Å². The molecule has 0 radical (unpaired) electrons. The second-order valence-electron chi connectivity index (χ2n) is 7.17. The Morgan fingerprint density at radius 2 is 2.00 bits per heavy atom. The van der Waals surface area contributed by atoms with E-state index >= 15 is 0 Å². The maximum atomic E-state index is 14.6. The highest BCUT2D eigenvalue weighted by Gasteiger charge is 2.35. The van der Waals surface area contributed by atoms with Gasteiger partial charge in [-0.25, -0.2) is 17.5 Å². The molecule has 0 spiro atoms. The fraction of sp³-hybridized carbons (Fsp3) is 0.500. The third-order valence-corrected chi connectivity index (χ3v) is 7.17. The summed E-state index contributed by atoms with van der Waals surface area (Å²) in [6.45, 7) is 6.53. The summed E-state index contributed by atoms with van der Waals surface area (Å²) in [5.74, 6) is -0.600. The lowest BCUT2D eigenvalue weighted by molar-refractivity contribution is 0.179. The Balaban J connectivity index is 1.53. The van der Waals surface area contributed by atoms with Gasteiger partial charge in [-0.2, -0.15) is 9.40 Å². The summed E-state index contributed by atoms with van der Waals surface area (Å²) in [5, 5.41) is 7.39. The van der Waals surface area contributed by atoms with Crippen molar-refractivity contribution in [3.63, 3.8) is 0 Å². The zero-order chi connectivity index (χ0) is 19.0. The molecule has 1 aromatic heterocycles. The van der Waals surface area contributed by atoms with E-state index in [1.807, 2.05) is 6.92 Å². The topological polar surface area (TPSA) is 70.5 Å². The largest absolute Gasteiger partial charge is 0.314 e. The van der Waals surface area contributed by atoms with Crippen LogP contribution in [-0.4, -0.2) is 72.7 Å². The predicted molar refractivity (Wildman–Crippen MR) is 99.9 cm³/mol. The smallest absolute Gasteiger partial charge is 0.243 e. The molecule has 2 aliphatic heterocycles. The van der Waals surface area contributed by atoms with Crippen LogP contribution < -0.4 is 5.32 Å². The van der Waals surface area contributed by atoms with Gasteiger partial charge in [0.1, 0.15) is 11.5 Å². The van der Waals surface area contributed by atoms with Crippen molar-refractivity contribution in [1.29, 1.82) is 0 Å². The Morgan fingerprint density at radius 3 is 2.67 bits per heavy atom. The quantitative estimate of drug-likeness (QED) is 0.839. The molecular weight excluding hydrogens is 369 g/mol. The van der Waals surface area contributed by atoms with Crippen molar-refractivity contribution in [2.75, 3.05) is 39.3 Å². The molecule has 27 heavy (non-hydrogen) atoms. The normalized spacial score (nSPS) is 22.4. The summed E-state index contributed by atoms with van der Waals surface area (Å²) in [6, 6.07) is 4.26. The second kappa shape index (κ2) is 7.31. The third kappa shape index (κ3) is 3.64. The lowest BCUT2D eigenvalue weighted by atomic mass is 10.2. The maximum Gasteiger partial charge on any atom is 0.243 e. The Morgan fingerprint density at radius 1 is 1.22 bits per heavy atom. The molecule has 1 N–H and O–H groups in total. The number of sulfonamides is 1. The van der Waals surface area contributed by atoms with Gasteiger partial charge in [-0.1, -0.05) is 0 Å². The highest BCUT2D eigenvalue weighted by atomic mass is 32.2. The van der Waals surface area contributed by atoms with Crippen LogP contribution in [-0.2, 0) is 10.0 Å². The van der Waals surface area contributed by atoms with E-state index in [2.05, 4.69) is 15.3 Å². The summed E-state index contributed by atoms with van der Waals surface area (Å²) >= 11 is 0. The molecule has 7 nitrogen and oxygen atoms in total. The number of aromatic nitrogens is 2. The molecule has 2 aliphatic rings. The molecule has 1 atom stereocenters. The van der Waals surface area contributed by atoms with Crippen molar-refractivity contribution in [3.8, 4) is 5.69 Å². The molecule has 3 heterocycles. The molecule has 1 aromatic carbocycles. The molecule has 9 heteroatoms. The average molecular weight is 393 g/mol. The number of halogens is 1. The van der Waals surface area contributed by atoms with Crippen LogP contribution in [0.15, 0.2) is 35.5 Å². The van der Waals surface area contributed by atoms with Crippen LogP contribution in [0.25, 0.3) is 5.69 Å². The molecule has 0 bridgehead atoms. The monoisotopic (exact) mass is 393 g/mol. The molecule has 0 aliphatic carbocycles. The molecule has 1 unspecified atom stereocenters. The van der Waals surface area contributed by atoms with Gasteiger partial charge in [0.25, 0.3) is 0 Å². The zero-order valence-electron chi connectivity index (χ0n) is 15.3. The Bertz CT molecular complexity index is 924. The van der Waals surface area contributed by atoms with E-state index in [9.17, 15) is 12.8 Å². The van der Waals surface area contributed by atoms with Gasteiger partial charge in [-0.3, -0.25) is 4.90 Å². The summed E-state index contributed by atoms with van der Waals surface area (Å²) in [5.41, 5.74) is 1.14. The van der Waals surface area contributed by atoms with E-state index in [0.29, 0.717) is 13.1 Å². The number of hydrogen-bond acceptors (Lipinski definition) is 5. The first kappa shape index (κ1) is 18.5. The van der Waals surface area contributed by atoms with E-state index < -0.39 is 15.8 Å². The molecule has 0 amide bonds. The Labute approximate surface area is 158 Å². The standard InChI is InChI=1S/C18H24FN5O2S/c1-14-11-21-24(12-14)18-3-2-16(10-17(18)19)27(25,26)23-7-4-15(13-23)22-8-5-20-6-9-22/h2-3,10-12,15,20H,4-9,13H2,1H3. The minimum atomic E-state index is -3.71. The molecule has 2 saturated heterocycles. The van der Waals surface area contributed by atoms with Crippen LogP contribution in [0.2, 0.25) is 0 Å². The van der Waals surface area contributed by atoms with Gasteiger partial charge < -0.3 is 5.32 Å². The van der Waals surface area contributed by atoms with Gasteiger partial charge in [-0.15, -0.1) is 0 Å². The number of rotatable bonds is 4. The van der Waals surface area contributed by atoms with Crippen LogP contribution in [0.5, 0.6) is 0 Å². The number of piperazine rings is 1. The van der Waals surface area contributed by atoms with Crippen LogP contribution in [0, 0.1) is 12.7 Å². The van der Waals surface area contributed by atoms with Gasteiger partial charge >= 0.3 is 0 Å². The summed E-state index contributed by atoms with van der Waals surface area (Å²) < 4.78 is 43.4. The van der Waals surface area contributed by atoms with E-state index in [0.717, 1.165) is 44.2 Å². The highest BCUT2D eigenvalue weighted by Crippen LogP contribution is 2.26. The van der Waals surface area contributed by atoms with Gasteiger partial charge in [0.2, 0.25) is 10.0 Å². The number of hydrogen-bond donors (Lipinski definition) is 1. The van der Waals surface area contributed by atoms with Gasteiger partial charge in [0.15, 0.2) is 0 Å². The molecule has 2 fully saturated rings. The van der Waals surface area contributed by atoms with Gasteiger partial charge in [-0.05, 0) is 37.1 Å². The predicted octanol–water partition coefficient (Wildman–Crippen LogP) is 0.988. The second-order valence-corrected chi connectivity index (χ2v) is 9.10. The summed E-state index contributed by atoms with van der Waals surface area (Å²) in [4.78, 5) is 2.34. The molecule has 4 rings (SSSR count). The van der Waals surface area contributed by atoms with Crippen LogP contribution >= 0.6 is 0 Å². The maximum absolute atomic E-state index is 14.6. The Hall–Kier alpha value is -1.81. The Kier molecular flexibility index (Phi) is 5.02. The van der Waals surface area contributed by atoms with Crippen molar-refractivity contribution in [1.82, 2.24) is 24.3 Å². The summed E-state index contributed by atoms with van der Waals surface area (Å²) in [7, 11) is -3.71. The van der Waals surface area contributed by atoms with E-state index in [1.54, 1.807) is 12.4 Å².